The lowest BCUT2D eigenvalue weighted by molar-refractivity contribution is 0.422. The van der Waals surface area contributed by atoms with Crippen LogP contribution >= 0.6 is 0 Å². The largest absolute Gasteiger partial charge is 0.366 e. The van der Waals surface area contributed by atoms with Crippen molar-refractivity contribution >= 4 is 5.82 Å². The molecule has 128 valence electrons. The van der Waals surface area contributed by atoms with Crippen LogP contribution in [0.4, 0.5) is 5.82 Å². The molecule has 1 aliphatic rings. The van der Waals surface area contributed by atoms with Crippen molar-refractivity contribution in [3.8, 4) is 11.5 Å². The number of nitrogens with zero attached hydrogens (tertiary/aromatic N) is 3. The Labute approximate surface area is 146 Å². The smallest absolute Gasteiger partial charge is 0.259 e. The fourth-order valence-corrected chi connectivity index (χ4v) is 2.97. The summed E-state index contributed by atoms with van der Waals surface area (Å²) in [7, 11) is 0. The van der Waals surface area contributed by atoms with Crippen molar-refractivity contribution in [1.82, 2.24) is 20.4 Å². The molecule has 2 aromatic heterocycles. The Hall–Kier alpha value is -2.73. The highest BCUT2D eigenvalue weighted by Crippen LogP contribution is 2.19. The first-order chi connectivity index (χ1) is 12.4. The van der Waals surface area contributed by atoms with Gasteiger partial charge in [0, 0.05) is 25.2 Å². The molecule has 2 N–H and O–H groups in total. The van der Waals surface area contributed by atoms with Crippen molar-refractivity contribution in [1.29, 1.82) is 0 Å². The predicted molar refractivity (Wildman–Crippen MR) is 96.3 cm³/mol. The quantitative estimate of drug-likeness (QED) is 0.721. The predicted octanol–water partition coefficient (Wildman–Crippen LogP) is 2.69. The summed E-state index contributed by atoms with van der Waals surface area (Å²) < 4.78 is 5.38. The molecule has 0 spiro atoms. The highest BCUT2D eigenvalue weighted by Gasteiger charge is 2.15. The first-order valence-electron chi connectivity index (χ1n) is 8.67. The zero-order chi connectivity index (χ0) is 16.9. The van der Waals surface area contributed by atoms with Gasteiger partial charge in [0.1, 0.15) is 5.82 Å². The van der Waals surface area contributed by atoms with E-state index in [0.717, 1.165) is 49.6 Å². The zero-order valence-corrected chi connectivity index (χ0v) is 14.0. The Bertz CT molecular complexity index is 794. The molecule has 0 bridgehead atoms. The molecule has 0 aliphatic carbocycles. The van der Waals surface area contributed by atoms with Crippen LogP contribution in [-0.4, -0.2) is 34.3 Å². The molecule has 1 aliphatic heterocycles. The lowest BCUT2D eigenvalue weighted by atomic mass is 10.1. The fraction of sp³-hybridized carbons (Fsp3) is 0.316. The minimum atomic E-state index is 0.450. The summed E-state index contributed by atoms with van der Waals surface area (Å²) in [4.78, 5) is 8.94. The Morgan fingerprint density at radius 3 is 2.80 bits per heavy atom. The van der Waals surface area contributed by atoms with E-state index in [1.165, 1.54) is 5.56 Å². The monoisotopic (exact) mass is 335 g/mol. The van der Waals surface area contributed by atoms with Crippen LogP contribution in [-0.2, 0) is 12.8 Å². The van der Waals surface area contributed by atoms with Crippen molar-refractivity contribution in [2.75, 3.05) is 18.4 Å². The lowest BCUT2D eigenvalue weighted by Crippen LogP contribution is -2.22. The van der Waals surface area contributed by atoms with Gasteiger partial charge in [-0.2, -0.15) is 4.98 Å². The van der Waals surface area contributed by atoms with Crippen molar-refractivity contribution < 1.29 is 4.52 Å². The molecule has 6 heteroatoms. The number of nitrogens with one attached hydrogen (secondary N) is 2. The number of pyridine rings is 1. The van der Waals surface area contributed by atoms with Gasteiger partial charge in [-0.1, -0.05) is 35.5 Å². The van der Waals surface area contributed by atoms with Gasteiger partial charge in [-0.15, -0.1) is 0 Å². The van der Waals surface area contributed by atoms with Crippen LogP contribution in [0.25, 0.3) is 11.5 Å². The van der Waals surface area contributed by atoms with Gasteiger partial charge in [0.05, 0.1) is 5.56 Å². The summed E-state index contributed by atoms with van der Waals surface area (Å²) in [5, 5.41) is 10.8. The number of benzene rings is 1. The van der Waals surface area contributed by atoms with E-state index in [1.54, 1.807) is 6.20 Å². The van der Waals surface area contributed by atoms with E-state index in [-0.39, 0.29) is 0 Å². The van der Waals surface area contributed by atoms with E-state index in [1.807, 2.05) is 30.3 Å². The third-order valence-corrected chi connectivity index (χ3v) is 4.37. The zero-order valence-electron chi connectivity index (χ0n) is 14.0. The third-order valence-electron chi connectivity index (χ3n) is 4.37. The molecule has 25 heavy (non-hydrogen) atoms. The highest BCUT2D eigenvalue weighted by molar-refractivity contribution is 5.54. The molecule has 3 heterocycles. The summed E-state index contributed by atoms with van der Waals surface area (Å²) in [6.45, 7) is 2.04. The van der Waals surface area contributed by atoms with Gasteiger partial charge in [-0.25, -0.2) is 4.98 Å². The van der Waals surface area contributed by atoms with Crippen molar-refractivity contribution in [2.24, 2.45) is 0 Å². The number of aryl methyl sites for hydroxylation is 2. The molecule has 0 radical (unpaired) electrons. The van der Waals surface area contributed by atoms with Crippen LogP contribution in [0.15, 0.2) is 53.2 Å². The summed E-state index contributed by atoms with van der Waals surface area (Å²) in [5.41, 5.74) is 2.11. The van der Waals surface area contributed by atoms with Gasteiger partial charge in [0.15, 0.2) is 5.82 Å². The second kappa shape index (κ2) is 7.44. The lowest BCUT2D eigenvalue weighted by Gasteiger charge is -2.11. The SMILES string of the molecule is c1ccc(CCc2noc(-c3ccc(N[C@@H]4CCNC4)nc3)n2)cc1. The molecule has 1 fully saturated rings. The second-order valence-corrected chi connectivity index (χ2v) is 6.27. The summed E-state index contributed by atoms with van der Waals surface area (Å²) >= 11 is 0. The van der Waals surface area contributed by atoms with Crippen molar-refractivity contribution in [3.05, 3.63) is 60.0 Å². The third kappa shape index (κ3) is 4.03. The van der Waals surface area contributed by atoms with Gasteiger partial charge in [0.25, 0.3) is 5.89 Å². The van der Waals surface area contributed by atoms with E-state index in [9.17, 15) is 0 Å². The molecular formula is C19H21N5O. The molecule has 0 amide bonds. The van der Waals surface area contributed by atoms with E-state index >= 15 is 0 Å². The summed E-state index contributed by atoms with van der Waals surface area (Å²) in [5.74, 6) is 2.11. The average molecular weight is 335 g/mol. The van der Waals surface area contributed by atoms with Gasteiger partial charge in [-0.05, 0) is 37.1 Å². The highest BCUT2D eigenvalue weighted by atomic mass is 16.5. The Morgan fingerprint density at radius 1 is 1.12 bits per heavy atom. The normalized spacial score (nSPS) is 16.9. The fourth-order valence-electron chi connectivity index (χ4n) is 2.97. The maximum atomic E-state index is 5.38. The van der Waals surface area contributed by atoms with E-state index < -0.39 is 0 Å². The van der Waals surface area contributed by atoms with E-state index in [4.69, 9.17) is 4.52 Å². The minimum absolute atomic E-state index is 0.450. The number of hydrogen-bond donors (Lipinski definition) is 2. The maximum Gasteiger partial charge on any atom is 0.259 e. The molecule has 4 rings (SSSR count). The average Bonchev–Trinajstić information content (AvgIpc) is 3.34. The second-order valence-electron chi connectivity index (χ2n) is 6.27. The van der Waals surface area contributed by atoms with Crippen molar-refractivity contribution in [2.45, 2.75) is 25.3 Å². The Balaban J connectivity index is 1.37. The van der Waals surface area contributed by atoms with Gasteiger partial charge < -0.3 is 15.2 Å². The maximum absolute atomic E-state index is 5.38. The Kier molecular flexibility index (Phi) is 4.70. The molecule has 3 aromatic rings. The minimum Gasteiger partial charge on any atom is -0.366 e. The van der Waals surface area contributed by atoms with E-state index in [0.29, 0.717) is 11.9 Å². The van der Waals surface area contributed by atoms with Gasteiger partial charge >= 0.3 is 0 Å². The van der Waals surface area contributed by atoms with Crippen LogP contribution in [0.3, 0.4) is 0 Å². The van der Waals surface area contributed by atoms with Crippen LogP contribution in [0.2, 0.25) is 0 Å². The summed E-state index contributed by atoms with van der Waals surface area (Å²) in [6.07, 6.45) is 4.56. The molecule has 0 saturated carbocycles. The van der Waals surface area contributed by atoms with Crippen LogP contribution < -0.4 is 10.6 Å². The molecule has 1 aromatic carbocycles. The first kappa shape index (κ1) is 15.8. The molecule has 0 unspecified atom stereocenters. The topological polar surface area (TPSA) is 75.9 Å². The number of hydrogen-bond acceptors (Lipinski definition) is 6. The van der Waals surface area contributed by atoms with E-state index in [2.05, 4.69) is 37.9 Å². The summed E-state index contributed by atoms with van der Waals surface area (Å²) in [6, 6.07) is 14.7. The van der Waals surface area contributed by atoms with Crippen molar-refractivity contribution in [3.63, 3.8) is 0 Å². The van der Waals surface area contributed by atoms with Crippen LogP contribution in [0, 0.1) is 0 Å². The number of anilines is 1. The van der Waals surface area contributed by atoms with Crippen LogP contribution in [0.5, 0.6) is 0 Å². The van der Waals surface area contributed by atoms with Gasteiger partial charge in [0.2, 0.25) is 0 Å². The standard InChI is InChI=1S/C19H21N5O/c1-2-4-14(5-3-1)6-8-18-23-19(25-24-18)15-7-9-17(21-12-15)22-16-10-11-20-13-16/h1-5,7,9,12,16,20H,6,8,10-11,13H2,(H,21,22)/t16-/m1/s1. The molecule has 1 saturated heterocycles. The molecular weight excluding hydrogens is 314 g/mol. The Morgan fingerprint density at radius 2 is 2.04 bits per heavy atom. The van der Waals surface area contributed by atoms with Crippen LogP contribution in [0.1, 0.15) is 17.8 Å². The number of aromatic nitrogens is 3. The first-order valence-corrected chi connectivity index (χ1v) is 8.67. The molecule has 6 nitrogen and oxygen atoms in total. The van der Waals surface area contributed by atoms with Gasteiger partial charge in [-0.3, -0.25) is 0 Å². The number of rotatable bonds is 6. The molecule has 1 atom stereocenters.